The number of halogens is 2. The van der Waals surface area contributed by atoms with Gasteiger partial charge in [0.15, 0.2) is 0 Å². The molecule has 0 aromatic heterocycles. The average Bonchev–Trinajstić information content (AvgIpc) is 2.40. The van der Waals surface area contributed by atoms with E-state index in [0.717, 1.165) is 36.4 Å². The number of hydrogen-bond acceptors (Lipinski definition) is 3. The zero-order valence-electron chi connectivity index (χ0n) is 10.4. The van der Waals surface area contributed by atoms with Gasteiger partial charge in [0.1, 0.15) is 22.9 Å². The second-order valence-electron chi connectivity index (χ2n) is 4.09. The summed E-state index contributed by atoms with van der Waals surface area (Å²) in [6.07, 6.45) is 0. The highest BCUT2D eigenvalue weighted by Crippen LogP contribution is 2.25. The van der Waals surface area contributed by atoms with E-state index in [-0.39, 0.29) is 11.3 Å². The quantitative estimate of drug-likeness (QED) is 0.759. The minimum absolute atomic E-state index is 0.197. The fraction of sp³-hybridized carbons (Fsp3) is 0. The van der Waals surface area contributed by atoms with Crippen LogP contribution in [0.4, 0.5) is 14.5 Å². The third-order valence-corrected chi connectivity index (χ3v) is 2.68. The highest BCUT2D eigenvalue weighted by Gasteiger charge is 2.18. The maximum Gasteiger partial charge on any atom is 0.335 e. The number of carboxylic acids is 1. The molecule has 108 valence electrons. The summed E-state index contributed by atoms with van der Waals surface area (Å²) in [5, 5.41) is 20.5. The first kappa shape index (κ1) is 14.4. The Kier molecular flexibility index (Phi) is 3.84. The number of carbonyl (C=O) groups excluding carboxylic acids is 1. The molecule has 0 atom stereocenters. The van der Waals surface area contributed by atoms with Crippen LogP contribution in [0, 0.1) is 11.6 Å². The fourth-order valence-electron chi connectivity index (χ4n) is 1.67. The van der Waals surface area contributed by atoms with E-state index in [2.05, 4.69) is 5.32 Å². The van der Waals surface area contributed by atoms with E-state index in [1.165, 1.54) is 0 Å². The molecule has 0 heterocycles. The van der Waals surface area contributed by atoms with Crippen LogP contribution in [0.2, 0.25) is 0 Å². The number of amides is 1. The maximum atomic E-state index is 13.5. The molecule has 1 amide bonds. The van der Waals surface area contributed by atoms with Gasteiger partial charge in [-0.1, -0.05) is 6.07 Å². The van der Waals surface area contributed by atoms with Gasteiger partial charge in [-0.25, -0.2) is 13.6 Å². The summed E-state index contributed by atoms with van der Waals surface area (Å²) in [4.78, 5) is 22.7. The lowest BCUT2D eigenvalue weighted by Gasteiger charge is -2.09. The van der Waals surface area contributed by atoms with E-state index < -0.39 is 34.8 Å². The number of aromatic carboxylic acids is 1. The Bertz CT molecular complexity index is 711. The normalized spacial score (nSPS) is 10.2. The molecule has 0 unspecified atom stereocenters. The van der Waals surface area contributed by atoms with Crippen LogP contribution in [0.1, 0.15) is 20.7 Å². The number of carboxylic acid groups (broad SMARTS) is 1. The predicted octanol–water partition coefficient (Wildman–Crippen LogP) is 2.62. The van der Waals surface area contributed by atoms with Crippen molar-refractivity contribution < 1.29 is 28.6 Å². The second kappa shape index (κ2) is 5.58. The summed E-state index contributed by atoms with van der Waals surface area (Å²) < 4.78 is 26.9. The summed E-state index contributed by atoms with van der Waals surface area (Å²) in [6.45, 7) is 0. The monoisotopic (exact) mass is 293 g/mol. The number of rotatable bonds is 3. The lowest BCUT2D eigenvalue weighted by atomic mass is 10.1. The van der Waals surface area contributed by atoms with E-state index in [1.54, 1.807) is 0 Å². The van der Waals surface area contributed by atoms with Crippen molar-refractivity contribution in [3.63, 3.8) is 0 Å². The molecule has 7 heteroatoms. The van der Waals surface area contributed by atoms with Crippen molar-refractivity contribution in [2.24, 2.45) is 0 Å². The molecule has 0 aliphatic heterocycles. The van der Waals surface area contributed by atoms with E-state index >= 15 is 0 Å². The van der Waals surface area contributed by atoms with Crippen LogP contribution in [-0.4, -0.2) is 22.1 Å². The number of anilines is 1. The molecule has 0 saturated carbocycles. The molecule has 0 radical (unpaired) electrons. The summed E-state index contributed by atoms with van der Waals surface area (Å²) >= 11 is 0. The van der Waals surface area contributed by atoms with E-state index in [0.29, 0.717) is 0 Å². The van der Waals surface area contributed by atoms with E-state index in [4.69, 9.17) is 5.11 Å². The number of phenolic OH excluding ortho intramolecular Hbond substituents is 1. The van der Waals surface area contributed by atoms with E-state index in [1.807, 2.05) is 0 Å². The first-order valence-corrected chi connectivity index (χ1v) is 5.72. The van der Waals surface area contributed by atoms with Crippen molar-refractivity contribution in [1.29, 1.82) is 0 Å². The number of carbonyl (C=O) groups is 2. The van der Waals surface area contributed by atoms with Crippen LogP contribution in [0.25, 0.3) is 0 Å². The smallest absolute Gasteiger partial charge is 0.335 e. The summed E-state index contributed by atoms with van der Waals surface area (Å²) in [5.41, 5.74) is -1.28. The van der Waals surface area contributed by atoms with Gasteiger partial charge in [0.2, 0.25) is 0 Å². The lowest BCUT2D eigenvalue weighted by Crippen LogP contribution is -2.16. The highest BCUT2D eigenvalue weighted by molar-refractivity contribution is 6.06. The summed E-state index contributed by atoms with van der Waals surface area (Å²) in [7, 11) is 0. The predicted molar refractivity (Wildman–Crippen MR) is 69.4 cm³/mol. The standard InChI is InChI=1S/C14H9F2NO4/c15-8-2-1-3-9(16)12(8)13(19)17-10-6-7(14(20)21)4-5-11(10)18/h1-6,18H,(H,17,19)(H,20,21). The van der Waals surface area contributed by atoms with Gasteiger partial charge in [0, 0.05) is 0 Å². The van der Waals surface area contributed by atoms with Crippen LogP contribution < -0.4 is 5.32 Å². The van der Waals surface area contributed by atoms with Gasteiger partial charge in [-0.05, 0) is 30.3 Å². The molecule has 5 nitrogen and oxygen atoms in total. The number of aromatic hydroxyl groups is 1. The first-order valence-electron chi connectivity index (χ1n) is 5.72. The van der Waals surface area contributed by atoms with Crippen LogP contribution in [0.5, 0.6) is 5.75 Å². The van der Waals surface area contributed by atoms with Gasteiger partial charge in [0.05, 0.1) is 11.3 Å². The minimum Gasteiger partial charge on any atom is -0.506 e. The molecule has 21 heavy (non-hydrogen) atoms. The number of hydrogen-bond donors (Lipinski definition) is 3. The van der Waals surface area contributed by atoms with Crippen molar-refractivity contribution in [3.05, 3.63) is 59.2 Å². The maximum absolute atomic E-state index is 13.5. The molecule has 0 saturated heterocycles. The third-order valence-electron chi connectivity index (χ3n) is 2.68. The zero-order valence-corrected chi connectivity index (χ0v) is 10.4. The molecular weight excluding hydrogens is 284 g/mol. The van der Waals surface area contributed by atoms with Crippen LogP contribution >= 0.6 is 0 Å². The van der Waals surface area contributed by atoms with Crippen molar-refractivity contribution in [1.82, 2.24) is 0 Å². The summed E-state index contributed by atoms with van der Waals surface area (Å²) in [5.74, 6) is -4.97. The molecule has 0 aliphatic rings. The van der Waals surface area contributed by atoms with Crippen LogP contribution in [-0.2, 0) is 0 Å². The van der Waals surface area contributed by atoms with Gasteiger partial charge in [0.25, 0.3) is 5.91 Å². The van der Waals surface area contributed by atoms with Gasteiger partial charge >= 0.3 is 5.97 Å². The highest BCUT2D eigenvalue weighted by atomic mass is 19.1. The van der Waals surface area contributed by atoms with Crippen molar-refractivity contribution in [3.8, 4) is 5.75 Å². The number of nitrogens with one attached hydrogen (secondary N) is 1. The second-order valence-corrected chi connectivity index (χ2v) is 4.09. The van der Waals surface area contributed by atoms with E-state index in [9.17, 15) is 23.5 Å². The third kappa shape index (κ3) is 2.97. The van der Waals surface area contributed by atoms with Gasteiger partial charge in [-0.15, -0.1) is 0 Å². The van der Waals surface area contributed by atoms with Crippen molar-refractivity contribution in [2.45, 2.75) is 0 Å². The molecule has 0 fully saturated rings. The Balaban J connectivity index is 2.36. The molecule has 2 rings (SSSR count). The molecule has 2 aromatic carbocycles. The fourth-order valence-corrected chi connectivity index (χ4v) is 1.67. The molecule has 0 aliphatic carbocycles. The molecular formula is C14H9F2NO4. The molecule has 0 bridgehead atoms. The number of benzene rings is 2. The molecule has 0 spiro atoms. The van der Waals surface area contributed by atoms with Crippen LogP contribution in [0.15, 0.2) is 36.4 Å². The Morgan fingerprint density at radius 1 is 1.05 bits per heavy atom. The van der Waals surface area contributed by atoms with Gasteiger partial charge in [-0.2, -0.15) is 0 Å². The minimum atomic E-state index is -1.28. The summed E-state index contributed by atoms with van der Waals surface area (Å²) in [6, 6.07) is 6.07. The van der Waals surface area contributed by atoms with Crippen LogP contribution in [0.3, 0.4) is 0 Å². The Labute approximate surface area is 117 Å². The molecule has 3 N–H and O–H groups in total. The Hall–Kier alpha value is -2.96. The SMILES string of the molecule is O=C(O)c1ccc(O)c(NC(=O)c2c(F)cccc2F)c1. The average molecular weight is 293 g/mol. The van der Waals surface area contributed by atoms with Crippen molar-refractivity contribution in [2.75, 3.05) is 5.32 Å². The lowest BCUT2D eigenvalue weighted by molar-refractivity contribution is 0.0696. The van der Waals surface area contributed by atoms with Crippen molar-refractivity contribution >= 4 is 17.6 Å². The van der Waals surface area contributed by atoms with Gasteiger partial charge in [-0.3, -0.25) is 4.79 Å². The zero-order chi connectivity index (χ0) is 15.6. The molecule has 2 aromatic rings. The topological polar surface area (TPSA) is 86.6 Å². The Morgan fingerprint density at radius 2 is 1.67 bits per heavy atom. The Morgan fingerprint density at radius 3 is 2.24 bits per heavy atom. The number of phenols is 1. The van der Waals surface area contributed by atoms with Gasteiger partial charge < -0.3 is 15.5 Å². The largest absolute Gasteiger partial charge is 0.506 e. The first-order chi connectivity index (χ1) is 9.90.